The molecule has 2 aromatic rings. The minimum atomic E-state index is -1.28. The molecule has 2 aliphatic carbocycles. The highest BCUT2D eigenvalue weighted by atomic mass is 16.7. The van der Waals surface area contributed by atoms with Crippen molar-refractivity contribution >= 4 is 11.9 Å². The average molecular weight is 630 g/mol. The minimum absolute atomic E-state index is 0.00875. The number of hydrogen-bond acceptors (Lipinski definition) is 12. The summed E-state index contributed by atoms with van der Waals surface area (Å²) in [6.45, 7) is 9.20. The molecule has 3 heterocycles. The molecule has 3 unspecified atom stereocenters. The zero-order valence-corrected chi connectivity index (χ0v) is 26.7. The molecule has 1 aliphatic heterocycles. The van der Waals surface area contributed by atoms with Gasteiger partial charge in [0.05, 0.1) is 19.3 Å². The topological polar surface area (TPSA) is 153 Å². The molecule has 0 radical (unpaired) electrons. The van der Waals surface area contributed by atoms with E-state index in [4.69, 9.17) is 32.8 Å². The second-order valence-electron chi connectivity index (χ2n) is 13.0. The van der Waals surface area contributed by atoms with Crippen LogP contribution in [0.5, 0.6) is 5.75 Å². The zero-order chi connectivity index (χ0) is 32.6. The lowest BCUT2D eigenvalue weighted by Crippen LogP contribution is -2.71. The lowest BCUT2D eigenvalue weighted by atomic mass is 9.42. The first-order valence-corrected chi connectivity index (χ1v) is 15.3. The Bertz CT molecular complexity index is 1450. The first-order chi connectivity index (χ1) is 21.3. The lowest BCUT2D eigenvalue weighted by Gasteiger charge is -2.66. The fourth-order valence-electron chi connectivity index (χ4n) is 8.24. The van der Waals surface area contributed by atoms with Crippen LogP contribution in [0.25, 0.3) is 11.3 Å². The molecule has 5 rings (SSSR count). The van der Waals surface area contributed by atoms with E-state index in [9.17, 15) is 19.5 Å². The Morgan fingerprint density at radius 1 is 1.13 bits per heavy atom. The largest absolute Gasteiger partial charge is 0.484 e. The molecule has 0 bridgehead atoms. The third-order valence-electron chi connectivity index (χ3n) is 10.2. The van der Waals surface area contributed by atoms with Gasteiger partial charge in [-0.2, -0.15) is 0 Å². The minimum Gasteiger partial charge on any atom is -0.484 e. The molecule has 0 saturated heterocycles. The molecule has 1 N–H and O–H groups in total. The molecule has 12 nitrogen and oxygen atoms in total. The number of carbonyl (C=O) groups excluding carboxylic acids is 2. The van der Waals surface area contributed by atoms with Crippen LogP contribution in [0, 0.1) is 22.7 Å². The zero-order valence-electron chi connectivity index (χ0n) is 26.7. The van der Waals surface area contributed by atoms with Gasteiger partial charge in [-0.15, -0.1) is 0 Å². The van der Waals surface area contributed by atoms with Crippen molar-refractivity contribution in [2.24, 2.45) is 22.7 Å². The van der Waals surface area contributed by atoms with Gasteiger partial charge in [0.25, 0.3) is 0 Å². The summed E-state index contributed by atoms with van der Waals surface area (Å²) >= 11 is 0. The standard InChI is InChI=1S/C33H43NO11/c1-19(35)41-17-32(4)24-15-26(42-18-40-13-12-39-6)33(5)29(31(24,3)10-9-25(32)43-20(2)36)28(37)27-23(45-33)14-22(44-30(27)38)21-8-7-11-34-16-21/h7-8,11,14,16,24-26,28-29,37H,9-10,12-13,15,17-18H2,1-6H3/t24?,25-,26-,28?,29?,31-,32-,33+/m0/s1. The summed E-state index contributed by atoms with van der Waals surface area (Å²) in [5.41, 5.74) is -2.74. The Kier molecular flexibility index (Phi) is 9.42. The fourth-order valence-corrected chi connectivity index (χ4v) is 8.24. The molecule has 2 saturated carbocycles. The number of aromatic nitrogens is 1. The number of methoxy groups -OCH3 is 1. The van der Waals surface area contributed by atoms with Crippen molar-refractivity contribution in [1.82, 2.24) is 4.98 Å². The molecule has 45 heavy (non-hydrogen) atoms. The number of aliphatic hydroxyl groups is 1. The van der Waals surface area contributed by atoms with Gasteiger partial charge in [0, 0.05) is 56.3 Å². The first-order valence-electron chi connectivity index (χ1n) is 15.3. The number of pyridine rings is 1. The molecule has 8 atom stereocenters. The van der Waals surface area contributed by atoms with E-state index in [1.807, 2.05) is 13.8 Å². The number of rotatable bonds is 10. The summed E-state index contributed by atoms with van der Waals surface area (Å²) in [6, 6.07) is 5.11. The van der Waals surface area contributed by atoms with Crippen LogP contribution in [-0.2, 0) is 33.3 Å². The first kappa shape index (κ1) is 33.1. The van der Waals surface area contributed by atoms with Crippen LogP contribution >= 0.6 is 0 Å². The quantitative estimate of drug-likeness (QED) is 0.231. The Balaban J connectivity index is 1.61. The third-order valence-corrected chi connectivity index (χ3v) is 10.2. The van der Waals surface area contributed by atoms with Crippen LogP contribution < -0.4 is 10.4 Å². The van der Waals surface area contributed by atoms with E-state index in [0.29, 0.717) is 38.0 Å². The number of ether oxygens (including phenoxy) is 6. The number of nitrogens with zero attached hydrogens (tertiary/aromatic N) is 1. The van der Waals surface area contributed by atoms with Gasteiger partial charge < -0.3 is 37.9 Å². The van der Waals surface area contributed by atoms with Gasteiger partial charge in [0.1, 0.15) is 48.3 Å². The number of esters is 2. The van der Waals surface area contributed by atoms with Crippen LogP contribution in [0.3, 0.4) is 0 Å². The summed E-state index contributed by atoms with van der Waals surface area (Å²) in [4.78, 5) is 41.9. The van der Waals surface area contributed by atoms with Crippen LogP contribution in [-0.4, -0.2) is 73.6 Å². The van der Waals surface area contributed by atoms with E-state index in [1.165, 1.54) is 13.8 Å². The predicted molar refractivity (Wildman–Crippen MR) is 159 cm³/mol. The van der Waals surface area contributed by atoms with Crippen LogP contribution in [0.4, 0.5) is 0 Å². The average Bonchev–Trinajstić information content (AvgIpc) is 2.98. The summed E-state index contributed by atoms with van der Waals surface area (Å²) in [6.07, 6.45) is 2.11. The molecule has 0 spiro atoms. The fraction of sp³-hybridized carbons (Fsp3) is 0.636. The molecule has 2 aromatic heterocycles. The number of hydrogen-bond donors (Lipinski definition) is 1. The van der Waals surface area contributed by atoms with E-state index in [1.54, 1.807) is 37.7 Å². The van der Waals surface area contributed by atoms with E-state index in [0.717, 1.165) is 0 Å². The maximum atomic E-state index is 13.5. The Hall–Kier alpha value is -3.32. The Labute approximate surface area is 262 Å². The SMILES string of the molecule is COCCOCO[C@H]1CC2[C@](C)(CC[C@H](OC(C)=O)[C@@]2(C)COC(C)=O)C2C(O)c3c(cc(-c4cccnc4)oc3=O)O[C@@]21C. The van der Waals surface area contributed by atoms with Gasteiger partial charge in [-0.3, -0.25) is 14.6 Å². The van der Waals surface area contributed by atoms with Crippen molar-refractivity contribution < 1.29 is 47.5 Å². The van der Waals surface area contributed by atoms with E-state index in [-0.39, 0.29) is 36.4 Å². The molecule has 246 valence electrons. The second kappa shape index (κ2) is 12.8. The maximum Gasteiger partial charge on any atom is 0.345 e. The third kappa shape index (κ3) is 6.00. The van der Waals surface area contributed by atoms with Gasteiger partial charge in [0.2, 0.25) is 0 Å². The molecule has 2 fully saturated rings. The van der Waals surface area contributed by atoms with Crippen molar-refractivity contribution in [3.05, 3.63) is 46.6 Å². The van der Waals surface area contributed by atoms with E-state index in [2.05, 4.69) is 11.9 Å². The van der Waals surface area contributed by atoms with Gasteiger partial charge in [0.15, 0.2) is 0 Å². The summed E-state index contributed by atoms with van der Waals surface area (Å²) in [5.74, 6) is -1.38. The van der Waals surface area contributed by atoms with Crippen molar-refractivity contribution in [2.75, 3.05) is 33.7 Å². The highest BCUT2D eigenvalue weighted by Gasteiger charge is 2.70. The summed E-state index contributed by atoms with van der Waals surface area (Å²) in [5, 5.41) is 12.2. The van der Waals surface area contributed by atoms with Crippen molar-refractivity contribution in [2.45, 2.75) is 77.8 Å². The normalized spacial score (nSPS) is 33.6. The molecular formula is C33H43NO11. The van der Waals surface area contributed by atoms with E-state index < -0.39 is 58.2 Å². The molecule has 12 heteroatoms. The van der Waals surface area contributed by atoms with Crippen LogP contribution in [0.2, 0.25) is 0 Å². The number of aliphatic hydroxyl groups excluding tert-OH is 1. The van der Waals surface area contributed by atoms with Crippen molar-refractivity contribution in [3.8, 4) is 17.1 Å². The monoisotopic (exact) mass is 629 g/mol. The van der Waals surface area contributed by atoms with Crippen molar-refractivity contribution in [3.63, 3.8) is 0 Å². The highest BCUT2D eigenvalue weighted by molar-refractivity contribution is 5.67. The highest BCUT2D eigenvalue weighted by Crippen LogP contribution is 2.67. The van der Waals surface area contributed by atoms with Gasteiger partial charge in [-0.1, -0.05) is 13.8 Å². The lowest BCUT2D eigenvalue weighted by molar-refractivity contribution is -0.284. The Morgan fingerprint density at radius 3 is 2.58 bits per heavy atom. The molecular weight excluding hydrogens is 586 g/mol. The summed E-state index contributed by atoms with van der Waals surface area (Å²) in [7, 11) is 1.58. The molecule has 0 aromatic carbocycles. The molecule has 0 amide bonds. The number of fused-ring (bicyclic) bond motifs is 4. The second-order valence-corrected chi connectivity index (χ2v) is 13.0. The predicted octanol–water partition coefficient (Wildman–Crippen LogP) is 3.83. The number of carbonyl (C=O) groups is 2. The Morgan fingerprint density at radius 2 is 1.91 bits per heavy atom. The van der Waals surface area contributed by atoms with Crippen molar-refractivity contribution in [1.29, 1.82) is 0 Å². The van der Waals surface area contributed by atoms with Gasteiger partial charge >= 0.3 is 17.6 Å². The van der Waals surface area contributed by atoms with Gasteiger partial charge in [-0.25, -0.2) is 4.79 Å². The van der Waals surface area contributed by atoms with Crippen LogP contribution in [0.1, 0.15) is 65.5 Å². The maximum absolute atomic E-state index is 13.5. The smallest absolute Gasteiger partial charge is 0.345 e. The summed E-state index contributed by atoms with van der Waals surface area (Å²) < 4.78 is 41.1. The van der Waals surface area contributed by atoms with Gasteiger partial charge in [-0.05, 0) is 49.7 Å². The van der Waals surface area contributed by atoms with Crippen LogP contribution in [0.15, 0.2) is 39.8 Å². The van der Waals surface area contributed by atoms with E-state index >= 15 is 0 Å². The molecule has 3 aliphatic rings.